The molecule has 1 aliphatic rings. The van der Waals surface area contributed by atoms with Crippen molar-refractivity contribution in [2.75, 3.05) is 20.1 Å². The summed E-state index contributed by atoms with van der Waals surface area (Å²) < 4.78 is 0. The highest BCUT2D eigenvalue weighted by Crippen LogP contribution is 2.30. The van der Waals surface area contributed by atoms with Gasteiger partial charge in [0, 0.05) is 19.1 Å². The molecule has 1 aliphatic heterocycles. The van der Waals surface area contributed by atoms with Gasteiger partial charge >= 0.3 is 6.03 Å². The average molecular weight is 227 g/mol. The molecule has 0 spiro atoms. The largest absolute Gasteiger partial charge is 0.351 e. The van der Waals surface area contributed by atoms with Gasteiger partial charge in [-0.2, -0.15) is 0 Å². The molecule has 4 heteroatoms. The zero-order valence-electron chi connectivity index (χ0n) is 10.9. The molecule has 3 N–H and O–H groups in total. The second-order valence-corrected chi connectivity index (χ2v) is 6.10. The SMILES string of the molecule is CNC1CC(CC(C)(C)C)CN(C(N)=O)C1. The van der Waals surface area contributed by atoms with Crippen molar-refractivity contribution in [2.24, 2.45) is 17.1 Å². The second kappa shape index (κ2) is 5.04. The van der Waals surface area contributed by atoms with Crippen LogP contribution in [0.15, 0.2) is 0 Å². The molecule has 94 valence electrons. The summed E-state index contributed by atoms with van der Waals surface area (Å²) >= 11 is 0. The number of urea groups is 1. The molecule has 0 aromatic heterocycles. The number of likely N-dealkylation sites (tertiary alicyclic amines) is 1. The van der Waals surface area contributed by atoms with Crippen molar-refractivity contribution in [3.63, 3.8) is 0 Å². The number of likely N-dealkylation sites (N-methyl/N-ethyl adjacent to an activating group) is 1. The Bertz CT molecular complexity index is 247. The van der Waals surface area contributed by atoms with Gasteiger partial charge in [-0.05, 0) is 31.2 Å². The highest BCUT2D eigenvalue weighted by Gasteiger charge is 2.30. The molecular weight excluding hydrogens is 202 g/mol. The molecule has 1 heterocycles. The van der Waals surface area contributed by atoms with E-state index >= 15 is 0 Å². The summed E-state index contributed by atoms with van der Waals surface area (Å²) in [6.07, 6.45) is 2.27. The lowest BCUT2D eigenvalue weighted by Crippen LogP contribution is -2.52. The number of nitrogens with one attached hydrogen (secondary N) is 1. The fourth-order valence-electron chi connectivity index (χ4n) is 2.61. The van der Waals surface area contributed by atoms with Gasteiger partial charge in [0.2, 0.25) is 0 Å². The van der Waals surface area contributed by atoms with Gasteiger partial charge in [0.05, 0.1) is 0 Å². The van der Waals surface area contributed by atoms with Crippen LogP contribution in [0.25, 0.3) is 0 Å². The van der Waals surface area contributed by atoms with Gasteiger partial charge in [-0.15, -0.1) is 0 Å². The van der Waals surface area contributed by atoms with Crippen LogP contribution in [0.3, 0.4) is 0 Å². The van der Waals surface area contributed by atoms with Gasteiger partial charge in [-0.25, -0.2) is 4.79 Å². The fraction of sp³-hybridized carbons (Fsp3) is 0.917. The maximum absolute atomic E-state index is 11.2. The lowest BCUT2D eigenvalue weighted by atomic mass is 9.80. The lowest BCUT2D eigenvalue weighted by Gasteiger charge is -2.39. The second-order valence-electron chi connectivity index (χ2n) is 6.10. The van der Waals surface area contributed by atoms with E-state index in [0.717, 1.165) is 25.9 Å². The lowest BCUT2D eigenvalue weighted by molar-refractivity contribution is 0.132. The van der Waals surface area contributed by atoms with Crippen LogP contribution in [0.1, 0.15) is 33.6 Å². The molecule has 2 atom stereocenters. The third kappa shape index (κ3) is 4.00. The van der Waals surface area contributed by atoms with Crippen LogP contribution in [0.5, 0.6) is 0 Å². The minimum absolute atomic E-state index is 0.293. The number of piperidine rings is 1. The summed E-state index contributed by atoms with van der Waals surface area (Å²) in [5.41, 5.74) is 5.68. The third-order valence-electron chi connectivity index (χ3n) is 3.16. The van der Waals surface area contributed by atoms with Gasteiger partial charge in [-0.3, -0.25) is 0 Å². The molecule has 0 bridgehead atoms. The molecule has 0 aliphatic carbocycles. The number of carbonyl (C=O) groups is 1. The first-order valence-electron chi connectivity index (χ1n) is 6.03. The third-order valence-corrected chi connectivity index (χ3v) is 3.16. The Hall–Kier alpha value is -0.770. The van der Waals surface area contributed by atoms with Crippen molar-refractivity contribution < 1.29 is 4.79 Å². The number of carbonyl (C=O) groups excluding carboxylic acids is 1. The van der Waals surface area contributed by atoms with E-state index in [9.17, 15) is 4.79 Å². The van der Waals surface area contributed by atoms with Gasteiger partial charge < -0.3 is 16.0 Å². The number of primary amides is 1. The molecular formula is C12H25N3O. The Labute approximate surface area is 98.6 Å². The van der Waals surface area contributed by atoms with E-state index < -0.39 is 0 Å². The van der Waals surface area contributed by atoms with Crippen LogP contribution in [0.4, 0.5) is 4.79 Å². The maximum Gasteiger partial charge on any atom is 0.314 e. The van der Waals surface area contributed by atoms with Crippen LogP contribution in [0, 0.1) is 11.3 Å². The molecule has 2 unspecified atom stereocenters. The summed E-state index contributed by atoms with van der Waals surface area (Å²) in [7, 11) is 1.95. The van der Waals surface area contributed by atoms with Gasteiger partial charge in [0.15, 0.2) is 0 Å². The van der Waals surface area contributed by atoms with Crippen molar-refractivity contribution in [1.82, 2.24) is 10.2 Å². The predicted octanol–water partition coefficient (Wildman–Crippen LogP) is 1.41. The molecule has 2 amide bonds. The molecule has 0 radical (unpaired) electrons. The summed E-state index contributed by atoms with van der Waals surface area (Å²) in [5, 5.41) is 3.26. The Kier molecular flexibility index (Phi) is 4.19. The molecule has 1 saturated heterocycles. The summed E-state index contributed by atoms with van der Waals surface area (Å²) in [4.78, 5) is 13.0. The van der Waals surface area contributed by atoms with E-state index in [1.54, 1.807) is 4.90 Å². The van der Waals surface area contributed by atoms with Crippen molar-refractivity contribution in [3.8, 4) is 0 Å². The van der Waals surface area contributed by atoms with Gasteiger partial charge in [0.1, 0.15) is 0 Å². The van der Waals surface area contributed by atoms with Crippen LogP contribution in [0.2, 0.25) is 0 Å². The quantitative estimate of drug-likeness (QED) is 0.749. The Morgan fingerprint density at radius 2 is 2.06 bits per heavy atom. The van der Waals surface area contributed by atoms with Gasteiger partial charge in [0.25, 0.3) is 0 Å². The smallest absolute Gasteiger partial charge is 0.314 e. The van der Waals surface area contributed by atoms with Crippen LogP contribution >= 0.6 is 0 Å². The minimum atomic E-state index is -0.293. The monoisotopic (exact) mass is 227 g/mol. The first-order valence-corrected chi connectivity index (χ1v) is 6.03. The van der Waals surface area contributed by atoms with Crippen LogP contribution < -0.4 is 11.1 Å². The summed E-state index contributed by atoms with van der Waals surface area (Å²) in [6, 6.07) is 0.0902. The van der Waals surface area contributed by atoms with E-state index in [4.69, 9.17) is 5.73 Å². The Balaban J connectivity index is 2.61. The van der Waals surface area contributed by atoms with Crippen molar-refractivity contribution in [3.05, 3.63) is 0 Å². The minimum Gasteiger partial charge on any atom is -0.351 e. The number of hydrogen-bond donors (Lipinski definition) is 2. The number of rotatable bonds is 2. The van der Waals surface area contributed by atoms with E-state index in [1.807, 2.05) is 7.05 Å². The van der Waals surface area contributed by atoms with Crippen molar-refractivity contribution >= 4 is 6.03 Å². The first-order chi connectivity index (χ1) is 7.31. The maximum atomic E-state index is 11.2. The van der Waals surface area contributed by atoms with Crippen LogP contribution in [-0.2, 0) is 0 Å². The normalized spacial score (nSPS) is 26.9. The summed E-state index contributed by atoms with van der Waals surface area (Å²) in [5.74, 6) is 0.554. The zero-order chi connectivity index (χ0) is 12.3. The standard InChI is InChI=1S/C12H25N3O/c1-12(2,3)6-9-5-10(14-4)8-15(7-9)11(13)16/h9-10,14H,5-8H2,1-4H3,(H2,13,16). The molecule has 1 rings (SSSR count). The predicted molar refractivity (Wildman–Crippen MR) is 66.2 cm³/mol. The summed E-state index contributed by atoms with van der Waals surface area (Å²) in [6.45, 7) is 8.27. The number of nitrogens with two attached hydrogens (primary N) is 1. The molecule has 4 nitrogen and oxygen atoms in total. The topological polar surface area (TPSA) is 58.4 Å². The highest BCUT2D eigenvalue weighted by molar-refractivity contribution is 5.72. The highest BCUT2D eigenvalue weighted by atomic mass is 16.2. The number of amides is 2. The first kappa shape index (κ1) is 13.3. The fourth-order valence-corrected chi connectivity index (χ4v) is 2.61. The molecule has 0 aromatic carbocycles. The van der Waals surface area contributed by atoms with E-state index in [1.165, 1.54) is 0 Å². The Morgan fingerprint density at radius 3 is 2.50 bits per heavy atom. The van der Waals surface area contributed by atoms with Crippen molar-refractivity contribution in [1.29, 1.82) is 0 Å². The van der Waals surface area contributed by atoms with Gasteiger partial charge in [-0.1, -0.05) is 20.8 Å². The molecule has 0 aromatic rings. The van der Waals surface area contributed by atoms with Crippen molar-refractivity contribution in [2.45, 2.75) is 39.7 Å². The number of hydrogen-bond acceptors (Lipinski definition) is 2. The molecule has 0 saturated carbocycles. The molecule has 1 fully saturated rings. The van der Waals surface area contributed by atoms with E-state index in [-0.39, 0.29) is 6.03 Å². The van der Waals surface area contributed by atoms with E-state index in [2.05, 4.69) is 26.1 Å². The molecule has 16 heavy (non-hydrogen) atoms. The Morgan fingerprint density at radius 1 is 1.44 bits per heavy atom. The number of nitrogens with zero attached hydrogens (tertiary/aromatic N) is 1. The zero-order valence-corrected chi connectivity index (χ0v) is 10.9. The average Bonchev–Trinajstić information content (AvgIpc) is 2.14. The van der Waals surface area contributed by atoms with Crippen LogP contribution in [-0.4, -0.2) is 37.1 Å². The van der Waals surface area contributed by atoms with E-state index in [0.29, 0.717) is 17.4 Å².